The van der Waals surface area contributed by atoms with Gasteiger partial charge in [-0.25, -0.2) is 0 Å². The molecule has 0 heterocycles. The van der Waals surface area contributed by atoms with Crippen molar-refractivity contribution in [1.29, 1.82) is 0 Å². The van der Waals surface area contributed by atoms with Crippen LogP contribution < -0.4 is 5.32 Å². The quantitative estimate of drug-likeness (QED) is 0.844. The largest absolute Gasteiger partial charge is 0.377 e. The molecule has 0 aliphatic heterocycles. The molecule has 0 radical (unpaired) electrons. The molecule has 0 aromatic heterocycles. The monoisotopic (exact) mass is 233 g/mol. The molecule has 1 aromatic rings. The highest BCUT2D eigenvalue weighted by molar-refractivity contribution is 5.29. The lowest BCUT2D eigenvalue weighted by molar-refractivity contribution is -0.0695. The Morgan fingerprint density at radius 1 is 1.24 bits per heavy atom. The number of ether oxygens (including phenoxy) is 1. The lowest BCUT2D eigenvalue weighted by Crippen LogP contribution is -2.47. The Kier molecular flexibility index (Phi) is 3.85. The molecule has 1 aliphatic rings. The molecule has 17 heavy (non-hydrogen) atoms. The number of aryl methyl sites for hydroxylation is 2. The molecule has 1 N–H and O–H groups in total. The van der Waals surface area contributed by atoms with Crippen molar-refractivity contribution in [2.24, 2.45) is 0 Å². The Morgan fingerprint density at radius 3 is 2.53 bits per heavy atom. The van der Waals surface area contributed by atoms with E-state index in [4.69, 9.17) is 4.74 Å². The van der Waals surface area contributed by atoms with Gasteiger partial charge in [0, 0.05) is 20.2 Å². The zero-order valence-corrected chi connectivity index (χ0v) is 11.2. The topological polar surface area (TPSA) is 21.3 Å². The summed E-state index contributed by atoms with van der Waals surface area (Å²) in [5, 5.41) is 3.52. The summed E-state index contributed by atoms with van der Waals surface area (Å²) in [7, 11) is 1.83. The minimum Gasteiger partial charge on any atom is -0.377 e. The van der Waals surface area contributed by atoms with Crippen molar-refractivity contribution in [2.45, 2.75) is 45.3 Å². The number of hydrogen-bond acceptors (Lipinski definition) is 2. The van der Waals surface area contributed by atoms with E-state index < -0.39 is 0 Å². The summed E-state index contributed by atoms with van der Waals surface area (Å²) in [6, 6.07) is 6.67. The van der Waals surface area contributed by atoms with Crippen LogP contribution in [0.4, 0.5) is 0 Å². The van der Waals surface area contributed by atoms with E-state index in [0.717, 1.165) is 13.1 Å². The third-order valence-corrected chi connectivity index (χ3v) is 4.05. The zero-order chi connectivity index (χ0) is 12.3. The number of nitrogens with one attached hydrogen (secondary N) is 1. The molecule has 1 aliphatic carbocycles. The summed E-state index contributed by atoms with van der Waals surface area (Å²) in [6.45, 7) is 6.23. The third-order valence-electron chi connectivity index (χ3n) is 4.05. The van der Waals surface area contributed by atoms with Gasteiger partial charge in [0.1, 0.15) is 0 Å². The molecule has 1 aromatic carbocycles. The Bertz CT molecular complexity index is 377. The van der Waals surface area contributed by atoms with Crippen LogP contribution in [-0.4, -0.2) is 19.3 Å². The van der Waals surface area contributed by atoms with E-state index in [2.05, 4.69) is 37.4 Å². The molecule has 2 heteroatoms. The fourth-order valence-electron chi connectivity index (χ4n) is 2.37. The molecule has 0 saturated heterocycles. The molecule has 0 spiro atoms. The van der Waals surface area contributed by atoms with E-state index in [1.54, 1.807) is 0 Å². The van der Waals surface area contributed by atoms with Crippen LogP contribution in [0.3, 0.4) is 0 Å². The lowest BCUT2D eigenvalue weighted by atomic mass is 9.80. The van der Waals surface area contributed by atoms with Crippen molar-refractivity contribution in [3.63, 3.8) is 0 Å². The van der Waals surface area contributed by atoms with Crippen LogP contribution >= 0.6 is 0 Å². The molecule has 0 amide bonds. The summed E-state index contributed by atoms with van der Waals surface area (Å²) >= 11 is 0. The van der Waals surface area contributed by atoms with Crippen LogP contribution in [0.1, 0.15) is 36.0 Å². The highest BCUT2D eigenvalue weighted by Gasteiger charge is 2.36. The average molecular weight is 233 g/mol. The number of benzene rings is 1. The zero-order valence-electron chi connectivity index (χ0n) is 11.2. The van der Waals surface area contributed by atoms with Crippen LogP contribution in [-0.2, 0) is 11.3 Å². The second-order valence-electron chi connectivity index (χ2n) is 5.26. The standard InChI is InChI=1S/C15H23NO/c1-12-5-6-14(9-13(12)2)10-16-11-15(17-3)7-4-8-15/h5-6,9,16H,4,7-8,10-11H2,1-3H3. The van der Waals surface area contributed by atoms with Crippen molar-refractivity contribution >= 4 is 0 Å². The number of methoxy groups -OCH3 is 1. The van der Waals surface area contributed by atoms with Gasteiger partial charge in [0.25, 0.3) is 0 Å². The smallest absolute Gasteiger partial charge is 0.0802 e. The van der Waals surface area contributed by atoms with Crippen LogP contribution in [0.15, 0.2) is 18.2 Å². The van der Waals surface area contributed by atoms with Gasteiger partial charge in [0.15, 0.2) is 0 Å². The highest BCUT2D eigenvalue weighted by Crippen LogP contribution is 2.34. The van der Waals surface area contributed by atoms with Crippen LogP contribution in [0.5, 0.6) is 0 Å². The Balaban J connectivity index is 1.83. The predicted octanol–water partition coefficient (Wildman–Crippen LogP) is 2.96. The van der Waals surface area contributed by atoms with Gasteiger partial charge in [-0.1, -0.05) is 18.2 Å². The first kappa shape index (κ1) is 12.6. The van der Waals surface area contributed by atoms with E-state index in [1.165, 1.54) is 36.0 Å². The number of hydrogen-bond donors (Lipinski definition) is 1. The maximum absolute atomic E-state index is 5.59. The van der Waals surface area contributed by atoms with Gasteiger partial charge in [-0.15, -0.1) is 0 Å². The average Bonchev–Trinajstić information content (AvgIpc) is 2.27. The van der Waals surface area contributed by atoms with Gasteiger partial charge in [-0.05, 0) is 49.8 Å². The van der Waals surface area contributed by atoms with Gasteiger partial charge in [-0.2, -0.15) is 0 Å². The first-order chi connectivity index (χ1) is 8.15. The summed E-state index contributed by atoms with van der Waals surface area (Å²) < 4.78 is 5.59. The Morgan fingerprint density at radius 2 is 2.00 bits per heavy atom. The second kappa shape index (κ2) is 5.19. The van der Waals surface area contributed by atoms with E-state index >= 15 is 0 Å². The molecule has 94 valence electrons. The van der Waals surface area contributed by atoms with E-state index in [0.29, 0.717) is 0 Å². The predicted molar refractivity (Wildman–Crippen MR) is 71.2 cm³/mol. The molecule has 0 bridgehead atoms. The molecule has 2 nitrogen and oxygen atoms in total. The van der Waals surface area contributed by atoms with Crippen LogP contribution in [0.25, 0.3) is 0 Å². The molecule has 1 fully saturated rings. The first-order valence-corrected chi connectivity index (χ1v) is 6.47. The minimum atomic E-state index is 0.125. The maximum Gasteiger partial charge on any atom is 0.0802 e. The molecule has 0 unspecified atom stereocenters. The van der Waals surface area contributed by atoms with Crippen molar-refractivity contribution in [3.8, 4) is 0 Å². The van der Waals surface area contributed by atoms with Gasteiger partial charge in [-0.3, -0.25) is 0 Å². The van der Waals surface area contributed by atoms with E-state index in [-0.39, 0.29) is 5.60 Å². The Labute approximate surface area is 104 Å². The highest BCUT2D eigenvalue weighted by atomic mass is 16.5. The van der Waals surface area contributed by atoms with E-state index in [1.807, 2.05) is 7.11 Å². The molecule has 1 saturated carbocycles. The minimum absolute atomic E-state index is 0.125. The molecular formula is C15H23NO. The van der Waals surface area contributed by atoms with Gasteiger partial charge < -0.3 is 10.1 Å². The Hall–Kier alpha value is -0.860. The summed E-state index contributed by atoms with van der Waals surface area (Å²) in [6.07, 6.45) is 3.70. The number of rotatable bonds is 5. The fourth-order valence-corrected chi connectivity index (χ4v) is 2.37. The second-order valence-corrected chi connectivity index (χ2v) is 5.26. The van der Waals surface area contributed by atoms with Gasteiger partial charge in [0.05, 0.1) is 5.60 Å². The summed E-state index contributed by atoms with van der Waals surface area (Å²) in [5.41, 5.74) is 4.22. The van der Waals surface area contributed by atoms with E-state index in [9.17, 15) is 0 Å². The normalized spacial score (nSPS) is 17.8. The van der Waals surface area contributed by atoms with Crippen molar-refractivity contribution < 1.29 is 4.74 Å². The third kappa shape index (κ3) is 2.88. The van der Waals surface area contributed by atoms with Crippen LogP contribution in [0.2, 0.25) is 0 Å². The van der Waals surface area contributed by atoms with Gasteiger partial charge in [0.2, 0.25) is 0 Å². The SMILES string of the molecule is COC1(CNCc2ccc(C)c(C)c2)CCC1. The van der Waals surface area contributed by atoms with Crippen molar-refractivity contribution in [3.05, 3.63) is 34.9 Å². The fraction of sp³-hybridized carbons (Fsp3) is 0.600. The van der Waals surface area contributed by atoms with Gasteiger partial charge >= 0.3 is 0 Å². The maximum atomic E-state index is 5.59. The molecule has 2 rings (SSSR count). The van der Waals surface area contributed by atoms with Crippen molar-refractivity contribution in [1.82, 2.24) is 5.32 Å². The van der Waals surface area contributed by atoms with Crippen molar-refractivity contribution in [2.75, 3.05) is 13.7 Å². The summed E-state index contributed by atoms with van der Waals surface area (Å²) in [4.78, 5) is 0. The first-order valence-electron chi connectivity index (χ1n) is 6.47. The van der Waals surface area contributed by atoms with Crippen LogP contribution in [0, 0.1) is 13.8 Å². The lowest BCUT2D eigenvalue weighted by Gasteiger charge is -2.40. The molecular weight excluding hydrogens is 210 g/mol. The molecule has 0 atom stereocenters. The summed E-state index contributed by atoms with van der Waals surface area (Å²) in [5.74, 6) is 0.